The van der Waals surface area contributed by atoms with Crippen LogP contribution in [0.15, 0.2) is 24.3 Å². The molecule has 7 nitrogen and oxygen atoms in total. The molecular formula is C14H20N2O5. The number of hydrogen-bond acceptors (Lipinski definition) is 5. The molecule has 0 aliphatic rings. The predicted octanol–water partition coefficient (Wildman–Crippen LogP) is 2.21. The van der Waals surface area contributed by atoms with E-state index in [1.165, 1.54) is 12.1 Å². The minimum absolute atomic E-state index is 0.0924. The van der Waals surface area contributed by atoms with Crippen LogP contribution in [0.2, 0.25) is 0 Å². The number of hydrogen-bond donors (Lipinski definition) is 2. The van der Waals surface area contributed by atoms with Crippen LogP contribution in [0.25, 0.3) is 0 Å². The number of nitro groups is 1. The number of nitrogens with one attached hydrogen (secondary N) is 1. The Kier molecular flexibility index (Phi) is 6.10. The number of carboxylic acids is 1. The van der Waals surface area contributed by atoms with Crippen LogP contribution in [-0.2, 0) is 4.79 Å². The van der Waals surface area contributed by atoms with Crippen LogP contribution >= 0.6 is 0 Å². The lowest BCUT2D eigenvalue weighted by atomic mass is 9.96. The van der Waals surface area contributed by atoms with Crippen LogP contribution in [0.5, 0.6) is 5.75 Å². The van der Waals surface area contributed by atoms with Gasteiger partial charge in [-0.1, -0.05) is 19.1 Å². The van der Waals surface area contributed by atoms with Crippen molar-refractivity contribution >= 4 is 11.7 Å². The first kappa shape index (κ1) is 16.9. The zero-order valence-electron chi connectivity index (χ0n) is 12.2. The van der Waals surface area contributed by atoms with Gasteiger partial charge >= 0.3 is 11.7 Å². The normalized spacial score (nSPS) is 13.4. The number of likely N-dealkylation sites (N-methyl/N-ethyl adjacent to an activating group) is 1. The second kappa shape index (κ2) is 7.58. The highest BCUT2D eigenvalue weighted by Crippen LogP contribution is 2.26. The molecule has 0 bridgehead atoms. The number of nitrogens with zero attached hydrogens (tertiary/aromatic N) is 1. The summed E-state index contributed by atoms with van der Waals surface area (Å²) >= 11 is 0. The Morgan fingerprint density at radius 2 is 2.14 bits per heavy atom. The smallest absolute Gasteiger partial charge is 0.323 e. The molecule has 7 heteroatoms. The lowest BCUT2D eigenvalue weighted by Gasteiger charge is -2.25. The van der Waals surface area contributed by atoms with E-state index in [0.717, 1.165) is 0 Å². The molecule has 2 N–H and O–H groups in total. The number of carboxylic acid groups (broad SMARTS) is 1. The molecule has 0 radical (unpaired) electrons. The first-order chi connectivity index (χ1) is 9.90. The van der Waals surface area contributed by atoms with Crippen molar-refractivity contribution in [3.8, 4) is 5.75 Å². The van der Waals surface area contributed by atoms with Crippen LogP contribution in [-0.4, -0.2) is 34.7 Å². The summed E-state index contributed by atoms with van der Waals surface area (Å²) in [6.07, 6.45) is 0.846. The molecule has 1 aromatic carbocycles. The lowest BCUT2D eigenvalue weighted by molar-refractivity contribution is -0.385. The topological polar surface area (TPSA) is 102 Å². The third-order valence-corrected chi connectivity index (χ3v) is 3.18. The molecule has 0 saturated carbocycles. The van der Waals surface area contributed by atoms with Crippen molar-refractivity contribution in [1.82, 2.24) is 5.32 Å². The molecule has 1 unspecified atom stereocenters. The molecule has 0 saturated heterocycles. The molecule has 1 aromatic rings. The second-order valence-electron chi connectivity index (χ2n) is 4.84. The first-order valence-electron chi connectivity index (χ1n) is 6.75. The van der Waals surface area contributed by atoms with Gasteiger partial charge in [0.1, 0.15) is 5.54 Å². The van der Waals surface area contributed by atoms with Crippen LogP contribution < -0.4 is 10.1 Å². The maximum absolute atomic E-state index is 11.2. The van der Waals surface area contributed by atoms with Crippen LogP contribution in [0.1, 0.15) is 26.7 Å². The number of benzene rings is 1. The van der Waals surface area contributed by atoms with Crippen molar-refractivity contribution in [2.75, 3.05) is 13.2 Å². The number of nitro benzene ring substituents is 1. The molecule has 1 rings (SSSR count). The molecule has 116 valence electrons. The van der Waals surface area contributed by atoms with E-state index in [1.807, 2.05) is 6.92 Å². The molecule has 0 fully saturated rings. The highest BCUT2D eigenvalue weighted by atomic mass is 16.6. The van der Waals surface area contributed by atoms with Crippen molar-refractivity contribution in [3.05, 3.63) is 34.4 Å². The van der Waals surface area contributed by atoms with Crippen molar-refractivity contribution < 1.29 is 19.6 Å². The Morgan fingerprint density at radius 1 is 1.48 bits per heavy atom. The van der Waals surface area contributed by atoms with E-state index < -0.39 is 16.4 Å². The van der Waals surface area contributed by atoms with Gasteiger partial charge in [0.25, 0.3) is 0 Å². The number of aliphatic carboxylic acids is 1. The van der Waals surface area contributed by atoms with E-state index in [9.17, 15) is 20.0 Å². The van der Waals surface area contributed by atoms with E-state index >= 15 is 0 Å². The molecule has 1 atom stereocenters. The second-order valence-corrected chi connectivity index (χ2v) is 4.84. The van der Waals surface area contributed by atoms with Crippen LogP contribution in [0.4, 0.5) is 5.69 Å². The number of para-hydroxylation sites is 2. The van der Waals surface area contributed by atoms with Gasteiger partial charge in [-0.15, -0.1) is 0 Å². The average Bonchev–Trinajstić information content (AvgIpc) is 2.44. The van der Waals surface area contributed by atoms with E-state index in [-0.39, 0.29) is 18.0 Å². The Bertz CT molecular complexity index is 506. The quantitative estimate of drug-likeness (QED) is 0.411. The molecule has 0 aliphatic heterocycles. The minimum Gasteiger partial charge on any atom is -0.487 e. The lowest BCUT2D eigenvalue weighted by Crippen LogP contribution is -2.49. The molecule has 0 spiro atoms. The molecule has 21 heavy (non-hydrogen) atoms. The Morgan fingerprint density at radius 3 is 2.71 bits per heavy atom. The van der Waals surface area contributed by atoms with Gasteiger partial charge in [-0.3, -0.25) is 14.9 Å². The van der Waals surface area contributed by atoms with Gasteiger partial charge in [-0.05, 0) is 32.4 Å². The van der Waals surface area contributed by atoms with E-state index in [0.29, 0.717) is 19.4 Å². The zero-order valence-corrected chi connectivity index (χ0v) is 12.2. The summed E-state index contributed by atoms with van der Waals surface area (Å²) in [5.74, 6) is -0.724. The number of carbonyl (C=O) groups is 1. The number of rotatable bonds is 9. The molecule has 0 aromatic heterocycles. The summed E-state index contributed by atoms with van der Waals surface area (Å²) in [6, 6.07) is 6.12. The SMILES string of the molecule is CCNC(C)(CCCOc1ccccc1[N+](=O)[O-])C(=O)O. The third-order valence-electron chi connectivity index (χ3n) is 3.18. The zero-order chi connectivity index (χ0) is 15.9. The highest BCUT2D eigenvalue weighted by Gasteiger charge is 2.31. The van der Waals surface area contributed by atoms with Crippen molar-refractivity contribution in [3.63, 3.8) is 0 Å². The van der Waals surface area contributed by atoms with Crippen molar-refractivity contribution in [1.29, 1.82) is 0 Å². The molecule has 0 heterocycles. The summed E-state index contributed by atoms with van der Waals surface area (Å²) in [4.78, 5) is 21.5. The summed E-state index contributed by atoms with van der Waals surface area (Å²) in [6.45, 7) is 4.22. The van der Waals surface area contributed by atoms with Crippen molar-refractivity contribution in [2.24, 2.45) is 0 Å². The summed E-state index contributed by atoms with van der Waals surface area (Å²) in [5.41, 5.74) is -1.11. The standard InChI is InChI=1S/C14H20N2O5/c1-3-15-14(2,13(17)18)9-6-10-21-12-8-5-4-7-11(12)16(19)20/h4-5,7-8,15H,3,6,9-10H2,1-2H3,(H,17,18). The molecule has 0 amide bonds. The van der Waals surface area contributed by atoms with Gasteiger partial charge in [0.2, 0.25) is 0 Å². The Labute approximate surface area is 123 Å². The molecule has 0 aliphatic carbocycles. The molecular weight excluding hydrogens is 276 g/mol. The fourth-order valence-corrected chi connectivity index (χ4v) is 2.00. The summed E-state index contributed by atoms with van der Waals surface area (Å²) < 4.78 is 5.39. The minimum atomic E-state index is -1.01. The predicted molar refractivity (Wildman–Crippen MR) is 77.5 cm³/mol. The van der Waals surface area contributed by atoms with Gasteiger partial charge in [0.15, 0.2) is 5.75 Å². The van der Waals surface area contributed by atoms with Crippen LogP contribution in [0.3, 0.4) is 0 Å². The monoisotopic (exact) mass is 296 g/mol. The summed E-state index contributed by atoms with van der Waals surface area (Å²) in [5, 5.41) is 23.0. The maximum atomic E-state index is 11.2. The van der Waals surface area contributed by atoms with Gasteiger partial charge in [0, 0.05) is 6.07 Å². The largest absolute Gasteiger partial charge is 0.487 e. The van der Waals surface area contributed by atoms with Crippen molar-refractivity contribution in [2.45, 2.75) is 32.2 Å². The third kappa shape index (κ3) is 4.71. The first-order valence-corrected chi connectivity index (χ1v) is 6.75. The van der Waals surface area contributed by atoms with E-state index in [4.69, 9.17) is 4.74 Å². The fraction of sp³-hybridized carbons (Fsp3) is 0.500. The average molecular weight is 296 g/mol. The Hall–Kier alpha value is -2.15. The van der Waals surface area contributed by atoms with Gasteiger partial charge in [-0.2, -0.15) is 0 Å². The van der Waals surface area contributed by atoms with Gasteiger partial charge < -0.3 is 15.2 Å². The Balaban J connectivity index is 2.54. The number of ether oxygens (including phenoxy) is 1. The fourth-order valence-electron chi connectivity index (χ4n) is 2.00. The van der Waals surface area contributed by atoms with Gasteiger partial charge in [-0.25, -0.2) is 0 Å². The van der Waals surface area contributed by atoms with Gasteiger partial charge in [0.05, 0.1) is 11.5 Å². The summed E-state index contributed by atoms with van der Waals surface area (Å²) in [7, 11) is 0. The maximum Gasteiger partial charge on any atom is 0.323 e. The van der Waals surface area contributed by atoms with E-state index in [1.54, 1.807) is 19.1 Å². The highest BCUT2D eigenvalue weighted by molar-refractivity contribution is 5.78. The van der Waals surface area contributed by atoms with E-state index in [2.05, 4.69) is 5.32 Å². The van der Waals surface area contributed by atoms with Crippen LogP contribution in [0, 0.1) is 10.1 Å².